The fourth-order valence-corrected chi connectivity index (χ4v) is 3.95. The van der Waals surface area contributed by atoms with E-state index in [0.29, 0.717) is 6.61 Å². The molecule has 0 aliphatic carbocycles. The second-order valence-corrected chi connectivity index (χ2v) is 5.91. The zero-order valence-electron chi connectivity index (χ0n) is 12.5. The summed E-state index contributed by atoms with van der Waals surface area (Å²) < 4.78 is 7.42. The van der Waals surface area contributed by atoms with Gasteiger partial charge in [-0.15, -0.1) is 11.3 Å². The number of nitrogens with two attached hydrogens (primary N) is 1. The monoisotopic (exact) mass is 292 g/mol. The molecule has 1 atom stereocenters. The minimum absolute atomic E-state index is 0.000185. The summed E-state index contributed by atoms with van der Waals surface area (Å²) in [6.45, 7) is 7.07. The Morgan fingerprint density at radius 2 is 2.00 bits per heavy atom. The summed E-state index contributed by atoms with van der Waals surface area (Å²) in [5.74, 6) is 5.91. The van der Waals surface area contributed by atoms with Crippen molar-refractivity contribution in [3.63, 3.8) is 0 Å². The van der Waals surface area contributed by atoms with Gasteiger partial charge in [-0.1, -0.05) is 32.0 Å². The zero-order valence-corrected chi connectivity index (χ0v) is 13.3. The molecule has 1 unspecified atom stereocenters. The van der Waals surface area contributed by atoms with E-state index in [-0.39, 0.29) is 11.6 Å². The number of benzene rings is 1. The SMILES string of the molecule is CCOC(CC)(CC)C(NN)c1cccc2ccsc12. The fourth-order valence-electron chi connectivity index (χ4n) is 3.00. The predicted molar refractivity (Wildman–Crippen MR) is 86.8 cm³/mol. The minimum Gasteiger partial charge on any atom is -0.373 e. The Hall–Kier alpha value is -0.940. The molecule has 4 heteroatoms. The Morgan fingerprint density at radius 3 is 2.60 bits per heavy atom. The first kappa shape index (κ1) is 15.4. The van der Waals surface area contributed by atoms with E-state index in [9.17, 15) is 0 Å². The molecule has 0 fully saturated rings. The Bertz CT molecular complexity index is 548. The molecule has 0 spiro atoms. The lowest BCUT2D eigenvalue weighted by atomic mass is 9.84. The number of thiophene rings is 1. The summed E-state index contributed by atoms with van der Waals surface area (Å²) in [4.78, 5) is 0. The second-order valence-electron chi connectivity index (χ2n) is 4.99. The molecule has 0 aliphatic rings. The lowest BCUT2D eigenvalue weighted by molar-refractivity contribution is -0.0730. The van der Waals surface area contributed by atoms with Crippen molar-refractivity contribution in [2.75, 3.05) is 6.61 Å². The van der Waals surface area contributed by atoms with E-state index in [4.69, 9.17) is 10.6 Å². The van der Waals surface area contributed by atoms with Crippen LogP contribution in [0.25, 0.3) is 10.1 Å². The summed E-state index contributed by atoms with van der Waals surface area (Å²) in [6, 6.07) is 8.54. The predicted octanol–water partition coefficient (Wildman–Crippen LogP) is 4.00. The van der Waals surface area contributed by atoms with E-state index >= 15 is 0 Å². The number of ether oxygens (including phenoxy) is 1. The van der Waals surface area contributed by atoms with Crippen molar-refractivity contribution in [3.05, 3.63) is 35.2 Å². The molecule has 1 heterocycles. The van der Waals surface area contributed by atoms with Crippen LogP contribution in [0.3, 0.4) is 0 Å². The summed E-state index contributed by atoms with van der Waals surface area (Å²) >= 11 is 1.76. The van der Waals surface area contributed by atoms with E-state index in [1.165, 1.54) is 15.6 Å². The molecule has 2 aromatic rings. The third-order valence-electron chi connectivity index (χ3n) is 4.14. The Labute approximate surface area is 125 Å². The van der Waals surface area contributed by atoms with Crippen molar-refractivity contribution < 1.29 is 4.74 Å². The average molecular weight is 292 g/mol. The molecule has 3 nitrogen and oxygen atoms in total. The van der Waals surface area contributed by atoms with Crippen LogP contribution >= 0.6 is 11.3 Å². The molecule has 0 saturated carbocycles. The van der Waals surface area contributed by atoms with E-state index < -0.39 is 0 Å². The Balaban J connectivity index is 2.52. The Morgan fingerprint density at radius 1 is 1.25 bits per heavy atom. The van der Waals surface area contributed by atoms with Crippen molar-refractivity contribution in [1.29, 1.82) is 0 Å². The highest BCUT2D eigenvalue weighted by molar-refractivity contribution is 7.17. The van der Waals surface area contributed by atoms with Crippen molar-refractivity contribution in [1.82, 2.24) is 5.43 Å². The van der Waals surface area contributed by atoms with Crippen LogP contribution in [0.4, 0.5) is 0 Å². The third kappa shape index (κ3) is 2.61. The molecule has 0 saturated heterocycles. The van der Waals surface area contributed by atoms with Crippen molar-refractivity contribution in [3.8, 4) is 0 Å². The third-order valence-corrected chi connectivity index (χ3v) is 5.12. The highest BCUT2D eigenvalue weighted by Crippen LogP contribution is 2.39. The van der Waals surface area contributed by atoms with Crippen LogP contribution in [0.5, 0.6) is 0 Å². The number of hydrogen-bond donors (Lipinski definition) is 2. The van der Waals surface area contributed by atoms with Crippen LogP contribution in [-0.2, 0) is 4.74 Å². The normalized spacial score (nSPS) is 13.8. The van der Waals surface area contributed by atoms with E-state index in [0.717, 1.165) is 12.8 Å². The fraction of sp³-hybridized carbons (Fsp3) is 0.500. The number of nitrogens with one attached hydrogen (secondary N) is 1. The van der Waals surface area contributed by atoms with Gasteiger partial charge in [0.05, 0.1) is 11.6 Å². The van der Waals surface area contributed by atoms with Gasteiger partial charge in [-0.2, -0.15) is 0 Å². The quantitative estimate of drug-likeness (QED) is 0.599. The van der Waals surface area contributed by atoms with Gasteiger partial charge in [0.1, 0.15) is 0 Å². The first-order chi connectivity index (χ1) is 9.72. The summed E-state index contributed by atoms with van der Waals surface area (Å²) in [7, 11) is 0. The standard InChI is InChI=1S/C16H24N2OS/c1-4-16(5-2,19-6-3)15(18-17)13-9-7-8-12-10-11-20-14(12)13/h7-11,15,18H,4-6,17H2,1-3H3. The highest BCUT2D eigenvalue weighted by Gasteiger charge is 2.37. The van der Waals surface area contributed by atoms with Gasteiger partial charge in [-0.25, -0.2) is 0 Å². The van der Waals surface area contributed by atoms with Gasteiger partial charge in [-0.3, -0.25) is 11.3 Å². The van der Waals surface area contributed by atoms with Crippen LogP contribution in [0, 0.1) is 0 Å². The van der Waals surface area contributed by atoms with E-state index in [1.54, 1.807) is 11.3 Å². The van der Waals surface area contributed by atoms with Gasteiger partial charge >= 0.3 is 0 Å². The molecular weight excluding hydrogens is 268 g/mol. The minimum atomic E-state index is -0.262. The molecule has 0 radical (unpaired) electrons. The number of hydrogen-bond acceptors (Lipinski definition) is 4. The molecule has 110 valence electrons. The lowest BCUT2D eigenvalue weighted by Gasteiger charge is -2.39. The largest absolute Gasteiger partial charge is 0.373 e. The number of hydrazine groups is 1. The average Bonchev–Trinajstić information content (AvgIpc) is 2.96. The summed E-state index contributed by atoms with van der Waals surface area (Å²) in [5.41, 5.74) is 3.98. The molecule has 0 amide bonds. The van der Waals surface area contributed by atoms with Gasteiger partial charge in [0.15, 0.2) is 0 Å². The van der Waals surface area contributed by atoms with Crippen molar-refractivity contribution in [2.45, 2.75) is 45.3 Å². The van der Waals surface area contributed by atoms with Gasteiger partial charge in [0.2, 0.25) is 0 Å². The maximum absolute atomic E-state index is 6.12. The van der Waals surface area contributed by atoms with Crippen LogP contribution < -0.4 is 11.3 Å². The maximum Gasteiger partial charge on any atom is 0.0884 e. The maximum atomic E-state index is 6.12. The van der Waals surface area contributed by atoms with Crippen LogP contribution in [0.15, 0.2) is 29.6 Å². The smallest absolute Gasteiger partial charge is 0.0884 e. The molecule has 0 aliphatic heterocycles. The molecule has 3 N–H and O–H groups in total. The molecular formula is C16H24N2OS. The molecule has 0 bridgehead atoms. The van der Waals surface area contributed by atoms with E-state index in [2.05, 4.69) is 48.9 Å². The van der Waals surface area contributed by atoms with Gasteiger partial charge < -0.3 is 4.74 Å². The molecule has 2 rings (SSSR count). The first-order valence-corrected chi connectivity index (χ1v) is 8.16. The second kappa shape index (κ2) is 6.68. The summed E-state index contributed by atoms with van der Waals surface area (Å²) in [5, 5.41) is 3.40. The Kier molecular flexibility index (Phi) is 5.16. The van der Waals surface area contributed by atoms with Crippen molar-refractivity contribution in [2.24, 2.45) is 5.84 Å². The number of fused-ring (bicyclic) bond motifs is 1. The zero-order chi connectivity index (χ0) is 14.6. The molecule has 1 aromatic heterocycles. The topological polar surface area (TPSA) is 47.3 Å². The van der Waals surface area contributed by atoms with Crippen LogP contribution in [0.1, 0.15) is 45.2 Å². The first-order valence-electron chi connectivity index (χ1n) is 7.28. The van der Waals surface area contributed by atoms with E-state index in [1.807, 2.05) is 6.92 Å². The van der Waals surface area contributed by atoms with Crippen LogP contribution in [-0.4, -0.2) is 12.2 Å². The summed E-state index contributed by atoms with van der Waals surface area (Å²) in [6.07, 6.45) is 1.85. The van der Waals surface area contributed by atoms with Gasteiger partial charge in [0.25, 0.3) is 0 Å². The van der Waals surface area contributed by atoms with Gasteiger partial charge in [0, 0.05) is 11.3 Å². The van der Waals surface area contributed by atoms with Crippen molar-refractivity contribution >= 4 is 21.4 Å². The molecule has 20 heavy (non-hydrogen) atoms. The lowest BCUT2D eigenvalue weighted by Crippen LogP contribution is -2.48. The van der Waals surface area contributed by atoms with Crippen LogP contribution in [0.2, 0.25) is 0 Å². The van der Waals surface area contributed by atoms with Gasteiger partial charge in [-0.05, 0) is 42.2 Å². The highest BCUT2D eigenvalue weighted by atomic mass is 32.1. The number of rotatable bonds is 7. The molecule has 1 aromatic carbocycles.